The molecule has 0 saturated heterocycles. The first kappa shape index (κ1) is 9.15. The van der Waals surface area contributed by atoms with Crippen LogP contribution in [0.5, 0.6) is 0 Å². The summed E-state index contributed by atoms with van der Waals surface area (Å²) in [6.07, 6.45) is 0.422. The second kappa shape index (κ2) is 3.38. The van der Waals surface area contributed by atoms with Crippen LogP contribution in [0.1, 0.15) is 11.1 Å². The smallest absolute Gasteiger partial charge is 0.321 e. The van der Waals surface area contributed by atoms with Gasteiger partial charge in [-0.1, -0.05) is 6.07 Å². The minimum Gasteiger partial charge on any atom is -0.480 e. The molecule has 0 bridgehead atoms. The van der Waals surface area contributed by atoms with E-state index in [2.05, 4.69) is 5.32 Å². The molecule has 0 saturated carbocycles. The summed E-state index contributed by atoms with van der Waals surface area (Å²) in [6.45, 7) is 0.421. The fourth-order valence-electron chi connectivity index (χ4n) is 1.66. The molecule has 3 nitrogen and oxygen atoms in total. The van der Waals surface area contributed by atoms with Gasteiger partial charge < -0.3 is 10.4 Å². The molecule has 1 aliphatic rings. The number of carbonyl (C=O) groups is 1. The molecular formula is C10H10FNO2. The Bertz CT molecular complexity index is 378. The van der Waals surface area contributed by atoms with E-state index in [0.29, 0.717) is 13.0 Å². The summed E-state index contributed by atoms with van der Waals surface area (Å²) in [7, 11) is 0. The van der Waals surface area contributed by atoms with Gasteiger partial charge in [-0.2, -0.15) is 0 Å². The summed E-state index contributed by atoms with van der Waals surface area (Å²) >= 11 is 0. The average Bonchev–Trinajstić information content (AvgIpc) is 2.16. The fourth-order valence-corrected chi connectivity index (χ4v) is 1.66. The molecule has 74 valence electrons. The van der Waals surface area contributed by atoms with E-state index in [9.17, 15) is 9.18 Å². The van der Waals surface area contributed by atoms with Gasteiger partial charge in [0.05, 0.1) is 0 Å². The monoisotopic (exact) mass is 195 g/mol. The van der Waals surface area contributed by atoms with E-state index < -0.39 is 12.0 Å². The summed E-state index contributed by atoms with van der Waals surface area (Å²) < 4.78 is 12.8. The molecular weight excluding hydrogens is 185 g/mol. The largest absolute Gasteiger partial charge is 0.480 e. The first-order valence-corrected chi connectivity index (χ1v) is 4.40. The van der Waals surface area contributed by atoms with E-state index in [-0.39, 0.29) is 5.82 Å². The van der Waals surface area contributed by atoms with Gasteiger partial charge in [-0.3, -0.25) is 4.79 Å². The van der Waals surface area contributed by atoms with E-state index in [1.807, 2.05) is 0 Å². The van der Waals surface area contributed by atoms with Crippen molar-refractivity contribution in [2.24, 2.45) is 0 Å². The Kier molecular flexibility index (Phi) is 2.21. The highest BCUT2D eigenvalue weighted by Gasteiger charge is 2.23. The lowest BCUT2D eigenvalue weighted by Gasteiger charge is -2.22. The quantitative estimate of drug-likeness (QED) is 0.700. The second-order valence-electron chi connectivity index (χ2n) is 3.39. The van der Waals surface area contributed by atoms with Crippen molar-refractivity contribution < 1.29 is 14.3 Å². The molecule has 0 spiro atoms. The molecule has 0 aromatic heterocycles. The van der Waals surface area contributed by atoms with E-state index in [0.717, 1.165) is 11.1 Å². The first-order chi connectivity index (χ1) is 6.66. The number of carboxylic acids is 1. The van der Waals surface area contributed by atoms with Gasteiger partial charge in [0, 0.05) is 6.54 Å². The van der Waals surface area contributed by atoms with Crippen molar-refractivity contribution in [3.8, 4) is 0 Å². The third kappa shape index (κ3) is 1.61. The van der Waals surface area contributed by atoms with Gasteiger partial charge in [0.25, 0.3) is 0 Å². The summed E-state index contributed by atoms with van der Waals surface area (Å²) in [5.41, 5.74) is 1.76. The lowest BCUT2D eigenvalue weighted by molar-refractivity contribution is -0.139. The maximum atomic E-state index is 12.8. The topological polar surface area (TPSA) is 49.3 Å². The third-order valence-corrected chi connectivity index (χ3v) is 2.43. The fraction of sp³-hybridized carbons (Fsp3) is 0.300. The molecule has 0 radical (unpaired) electrons. The van der Waals surface area contributed by atoms with Crippen LogP contribution in [0.3, 0.4) is 0 Å². The van der Waals surface area contributed by atoms with Crippen molar-refractivity contribution in [1.82, 2.24) is 5.32 Å². The van der Waals surface area contributed by atoms with Crippen molar-refractivity contribution in [3.05, 3.63) is 35.1 Å². The molecule has 14 heavy (non-hydrogen) atoms. The molecule has 0 amide bonds. The van der Waals surface area contributed by atoms with E-state index in [1.54, 1.807) is 6.07 Å². The van der Waals surface area contributed by atoms with Crippen LogP contribution in [0.4, 0.5) is 4.39 Å². The van der Waals surface area contributed by atoms with Gasteiger partial charge in [-0.25, -0.2) is 4.39 Å². The molecule has 1 unspecified atom stereocenters. The first-order valence-electron chi connectivity index (χ1n) is 4.40. The van der Waals surface area contributed by atoms with Gasteiger partial charge >= 0.3 is 5.97 Å². The van der Waals surface area contributed by atoms with E-state index >= 15 is 0 Å². The Hall–Kier alpha value is -1.42. The Balaban J connectivity index is 2.27. The summed E-state index contributed by atoms with van der Waals surface area (Å²) in [6, 6.07) is 3.92. The van der Waals surface area contributed by atoms with Crippen molar-refractivity contribution in [2.75, 3.05) is 0 Å². The van der Waals surface area contributed by atoms with Crippen LogP contribution < -0.4 is 5.32 Å². The number of fused-ring (bicyclic) bond motifs is 1. The number of hydrogen-bond acceptors (Lipinski definition) is 2. The summed E-state index contributed by atoms with van der Waals surface area (Å²) in [4.78, 5) is 10.7. The number of rotatable bonds is 1. The highest BCUT2D eigenvalue weighted by molar-refractivity contribution is 5.74. The molecule has 0 aliphatic carbocycles. The maximum absolute atomic E-state index is 12.8. The number of aliphatic carboxylic acids is 1. The minimum atomic E-state index is -0.861. The van der Waals surface area contributed by atoms with Gasteiger partial charge in [0.1, 0.15) is 11.9 Å². The average molecular weight is 195 g/mol. The van der Waals surface area contributed by atoms with E-state index in [4.69, 9.17) is 5.11 Å². The Labute approximate surface area is 80.6 Å². The summed E-state index contributed by atoms with van der Waals surface area (Å²) in [5, 5.41) is 11.6. The van der Waals surface area contributed by atoms with Crippen LogP contribution in [-0.4, -0.2) is 17.1 Å². The van der Waals surface area contributed by atoms with Gasteiger partial charge in [0.15, 0.2) is 0 Å². The lowest BCUT2D eigenvalue weighted by Crippen LogP contribution is -2.41. The van der Waals surface area contributed by atoms with Crippen molar-refractivity contribution in [2.45, 2.75) is 19.0 Å². The molecule has 1 atom stereocenters. The number of carboxylic acid groups (broad SMARTS) is 1. The number of benzene rings is 1. The van der Waals surface area contributed by atoms with Crippen LogP contribution in [0, 0.1) is 5.82 Å². The SMILES string of the molecule is O=C(O)C1Cc2ccc(F)cc2CN1. The van der Waals surface area contributed by atoms with Crippen LogP contribution in [0.15, 0.2) is 18.2 Å². The molecule has 1 aromatic rings. The number of hydrogen-bond donors (Lipinski definition) is 2. The lowest BCUT2D eigenvalue weighted by atomic mass is 9.96. The molecule has 4 heteroatoms. The van der Waals surface area contributed by atoms with Crippen LogP contribution in [0.2, 0.25) is 0 Å². The zero-order valence-electron chi connectivity index (χ0n) is 7.46. The van der Waals surface area contributed by atoms with Crippen LogP contribution >= 0.6 is 0 Å². The highest BCUT2D eigenvalue weighted by atomic mass is 19.1. The minimum absolute atomic E-state index is 0.278. The zero-order chi connectivity index (χ0) is 10.1. The number of halogens is 1. The van der Waals surface area contributed by atoms with Gasteiger partial charge in [-0.05, 0) is 29.7 Å². The molecule has 1 heterocycles. The Morgan fingerprint density at radius 2 is 2.29 bits per heavy atom. The summed E-state index contributed by atoms with van der Waals surface area (Å²) in [5.74, 6) is -1.14. The van der Waals surface area contributed by atoms with Gasteiger partial charge in [0.2, 0.25) is 0 Å². The highest BCUT2D eigenvalue weighted by Crippen LogP contribution is 2.17. The molecule has 1 aromatic carbocycles. The Morgan fingerprint density at radius 1 is 1.50 bits per heavy atom. The normalized spacial score (nSPS) is 20.2. The molecule has 2 rings (SSSR count). The molecule has 2 N–H and O–H groups in total. The standard InChI is InChI=1S/C10H10FNO2/c11-8-2-1-6-4-9(10(13)14)12-5-7(6)3-8/h1-3,9,12H,4-5H2,(H,13,14). The predicted octanol–water partition coefficient (Wildman–Crippen LogP) is 0.925. The van der Waals surface area contributed by atoms with E-state index in [1.165, 1.54) is 12.1 Å². The van der Waals surface area contributed by atoms with Gasteiger partial charge in [-0.15, -0.1) is 0 Å². The maximum Gasteiger partial charge on any atom is 0.321 e. The number of nitrogens with one attached hydrogen (secondary N) is 1. The van der Waals surface area contributed by atoms with Crippen molar-refractivity contribution >= 4 is 5.97 Å². The zero-order valence-corrected chi connectivity index (χ0v) is 7.46. The second-order valence-corrected chi connectivity index (χ2v) is 3.39. The molecule has 0 fully saturated rings. The van der Waals surface area contributed by atoms with Crippen molar-refractivity contribution in [3.63, 3.8) is 0 Å². The van der Waals surface area contributed by atoms with Crippen LogP contribution in [0.25, 0.3) is 0 Å². The third-order valence-electron chi connectivity index (χ3n) is 2.43. The molecule has 1 aliphatic heterocycles. The van der Waals surface area contributed by atoms with Crippen LogP contribution in [-0.2, 0) is 17.8 Å². The van der Waals surface area contributed by atoms with Crippen molar-refractivity contribution in [1.29, 1.82) is 0 Å². The predicted molar refractivity (Wildman–Crippen MR) is 48.4 cm³/mol. The Morgan fingerprint density at radius 3 is 3.00 bits per heavy atom.